The van der Waals surface area contributed by atoms with Crippen LogP contribution < -0.4 is 0 Å². The highest BCUT2D eigenvalue weighted by molar-refractivity contribution is 5.64. The summed E-state index contributed by atoms with van der Waals surface area (Å²) in [5.41, 5.74) is 5.32. The summed E-state index contributed by atoms with van der Waals surface area (Å²) in [6, 6.07) is 19.3. The highest BCUT2D eigenvalue weighted by Gasteiger charge is 2.03. The lowest BCUT2D eigenvalue weighted by atomic mass is 9.95. The van der Waals surface area contributed by atoms with Gasteiger partial charge in [-0.3, -0.25) is 0 Å². The van der Waals surface area contributed by atoms with Gasteiger partial charge in [0, 0.05) is 0 Å². The number of hydrogen-bond acceptors (Lipinski definition) is 0. The molecule has 0 nitrogen and oxygen atoms in total. The molecule has 0 saturated carbocycles. The zero-order chi connectivity index (χ0) is 13.0. The van der Waals surface area contributed by atoms with Gasteiger partial charge in [0.05, 0.1) is 0 Å². The normalized spacial score (nSPS) is 13.4. The summed E-state index contributed by atoms with van der Waals surface area (Å²) in [4.78, 5) is 0. The Hall–Kier alpha value is -1.82. The number of allylic oxidation sites excluding steroid dienone is 2. The van der Waals surface area contributed by atoms with Gasteiger partial charge >= 0.3 is 0 Å². The molecular formula is C18H20. The van der Waals surface area contributed by atoms with Crippen molar-refractivity contribution in [3.8, 4) is 0 Å². The van der Waals surface area contributed by atoms with Gasteiger partial charge in [-0.15, -0.1) is 0 Å². The van der Waals surface area contributed by atoms with Crippen LogP contribution in [0.2, 0.25) is 0 Å². The molecule has 2 aromatic carbocycles. The molecule has 92 valence electrons. The van der Waals surface area contributed by atoms with E-state index in [4.69, 9.17) is 0 Å². The third-order valence-electron chi connectivity index (χ3n) is 3.33. The molecule has 0 aliphatic rings. The highest BCUT2D eigenvalue weighted by atomic mass is 14.1. The summed E-state index contributed by atoms with van der Waals surface area (Å²) in [6.45, 7) is 6.55. The lowest BCUT2D eigenvalue weighted by Gasteiger charge is -2.10. The molecule has 0 radical (unpaired) electrons. The Morgan fingerprint density at radius 3 is 2.17 bits per heavy atom. The smallest absolute Gasteiger partial charge is 0.000451 e. The zero-order valence-electron chi connectivity index (χ0n) is 11.4. The van der Waals surface area contributed by atoms with E-state index >= 15 is 0 Å². The first-order chi connectivity index (χ1) is 8.66. The minimum absolute atomic E-state index is 0.450. The van der Waals surface area contributed by atoms with Crippen LogP contribution in [0.3, 0.4) is 0 Å². The largest absolute Gasteiger partial charge is 0.0738 e. The van der Waals surface area contributed by atoms with Crippen LogP contribution in [0.1, 0.15) is 36.5 Å². The average Bonchev–Trinajstić information content (AvgIpc) is 2.40. The predicted octanol–water partition coefficient (Wildman–Crippen LogP) is 5.20. The molecule has 0 N–H and O–H groups in total. The van der Waals surface area contributed by atoms with Gasteiger partial charge in [-0.05, 0) is 36.5 Å². The fraction of sp³-hybridized carbons (Fsp3) is 0.222. The third kappa shape index (κ3) is 3.10. The maximum atomic E-state index is 2.33. The molecule has 0 amide bonds. The Morgan fingerprint density at radius 2 is 1.56 bits per heavy atom. The summed E-state index contributed by atoms with van der Waals surface area (Å²) < 4.78 is 0. The van der Waals surface area contributed by atoms with Crippen LogP contribution in [0.25, 0.3) is 5.57 Å². The van der Waals surface area contributed by atoms with Crippen LogP contribution in [0, 0.1) is 6.92 Å². The minimum atomic E-state index is 0.450. The number of aryl methyl sites for hydroxylation is 1. The summed E-state index contributed by atoms with van der Waals surface area (Å²) in [6.07, 6.45) is 2.33. The third-order valence-corrected chi connectivity index (χ3v) is 3.33. The topological polar surface area (TPSA) is 0 Å². The molecular weight excluding hydrogens is 216 g/mol. The van der Waals surface area contributed by atoms with Crippen LogP contribution in [0.15, 0.2) is 60.7 Å². The quantitative estimate of drug-likeness (QED) is 0.687. The molecule has 18 heavy (non-hydrogen) atoms. The molecule has 1 unspecified atom stereocenters. The fourth-order valence-corrected chi connectivity index (χ4v) is 2.14. The van der Waals surface area contributed by atoms with Crippen molar-refractivity contribution in [3.05, 3.63) is 77.4 Å². The molecule has 0 aliphatic carbocycles. The van der Waals surface area contributed by atoms with Gasteiger partial charge in [0.25, 0.3) is 0 Å². The molecule has 2 aromatic rings. The summed E-state index contributed by atoms with van der Waals surface area (Å²) in [5.74, 6) is 0.450. The van der Waals surface area contributed by atoms with E-state index in [1.807, 2.05) is 0 Å². The lowest BCUT2D eigenvalue weighted by Crippen LogP contribution is -1.91. The first-order valence-electron chi connectivity index (χ1n) is 6.47. The Morgan fingerprint density at radius 1 is 0.944 bits per heavy atom. The molecule has 0 saturated heterocycles. The maximum absolute atomic E-state index is 2.33. The van der Waals surface area contributed by atoms with Gasteiger partial charge < -0.3 is 0 Å². The standard InChI is InChI=1S/C18H20/c1-14-9-11-18(12-10-14)16(3)13-15(2)17-7-5-4-6-8-17/h4-13,16H,1-3H3. The molecule has 1 atom stereocenters. The van der Waals surface area contributed by atoms with Gasteiger partial charge in [-0.1, -0.05) is 73.2 Å². The SMILES string of the molecule is CC(=CC(C)c1ccc(C)cc1)c1ccccc1. The Labute approximate surface area is 110 Å². The second-order valence-corrected chi connectivity index (χ2v) is 4.92. The predicted molar refractivity (Wildman–Crippen MR) is 79.7 cm³/mol. The van der Waals surface area contributed by atoms with E-state index in [1.54, 1.807) is 0 Å². The van der Waals surface area contributed by atoms with E-state index in [2.05, 4.69) is 81.4 Å². The molecule has 0 bridgehead atoms. The summed E-state index contributed by atoms with van der Waals surface area (Å²) in [5, 5.41) is 0. The molecule has 0 aliphatic heterocycles. The van der Waals surface area contributed by atoms with Crippen molar-refractivity contribution >= 4 is 5.57 Å². The van der Waals surface area contributed by atoms with Crippen molar-refractivity contribution in [2.45, 2.75) is 26.7 Å². The van der Waals surface area contributed by atoms with Crippen LogP contribution in [0.4, 0.5) is 0 Å². The molecule has 0 spiro atoms. The van der Waals surface area contributed by atoms with Crippen molar-refractivity contribution in [1.29, 1.82) is 0 Å². The summed E-state index contributed by atoms with van der Waals surface area (Å²) >= 11 is 0. The van der Waals surface area contributed by atoms with E-state index in [-0.39, 0.29) is 0 Å². The maximum Gasteiger partial charge on any atom is -0.000451 e. The van der Waals surface area contributed by atoms with E-state index in [1.165, 1.54) is 22.3 Å². The van der Waals surface area contributed by atoms with Crippen LogP contribution in [-0.2, 0) is 0 Å². The van der Waals surface area contributed by atoms with E-state index in [9.17, 15) is 0 Å². The first-order valence-corrected chi connectivity index (χ1v) is 6.47. The fourth-order valence-electron chi connectivity index (χ4n) is 2.14. The molecule has 2 rings (SSSR count). The second kappa shape index (κ2) is 5.68. The Kier molecular flexibility index (Phi) is 3.99. The van der Waals surface area contributed by atoms with E-state index < -0.39 is 0 Å². The highest BCUT2D eigenvalue weighted by Crippen LogP contribution is 2.22. The van der Waals surface area contributed by atoms with Crippen molar-refractivity contribution in [3.63, 3.8) is 0 Å². The molecule has 0 heteroatoms. The zero-order valence-corrected chi connectivity index (χ0v) is 11.4. The molecule has 0 fully saturated rings. The van der Waals surface area contributed by atoms with Gasteiger partial charge in [0.1, 0.15) is 0 Å². The van der Waals surface area contributed by atoms with Crippen molar-refractivity contribution in [2.75, 3.05) is 0 Å². The average molecular weight is 236 g/mol. The van der Waals surface area contributed by atoms with E-state index in [0.29, 0.717) is 5.92 Å². The Balaban J connectivity index is 2.20. The lowest BCUT2D eigenvalue weighted by molar-refractivity contribution is 0.967. The summed E-state index contributed by atoms with van der Waals surface area (Å²) in [7, 11) is 0. The number of benzene rings is 2. The molecule has 0 aromatic heterocycles. The number of hydrogen-bond donors (Lipinski definition) is 0. The van der Waals surface area contributed by atoms with Crippen LogP contribution >= 0.6 is 0 Å². The van der Waals surface area contributed by atoms with Crippen LogP contribution in [0.5, 0.6) is 0 Å². The minimum Gasteiger partial charge on any atom is -0.0738 e. The second-order valence-electron chi connectivity index (χ2n) is 4.92. The van der Waals surface area contributed by atoms with Gasteiger partial charge in [-0.25, -0.2) is 0 Å². The van der Waals surface area contributed by atoms with Crippen molar-refractivity contribution < 1.29 is 0 Å². The van der Waals surface area contributed by atoms with Gasteiger partial charge in [0.15, 0.2) is 0 Å². The monoisotopic (exact) mass is 236 g/mol. The van der Waals surface area contributed by atoms with Crippen molar-refractivity contribution in [1.82, 2.24) is 0 Å². The number of rotatable bonds is 3. The van der Waals surface area contributed by atoms with Crippen LogP contribution in [-0.4, -0.2) is 0 Å². The van der Waals surface area contributed by atoms with Crippen molar-refractivity contribution in [2.24, 2.45) is 0 Å². The molecule has 0 heterocycles. The van der Waals surface area contributed by atoms with E-state index in [0.717, 1.165) is 0 Å². The van der Waals surface area contributed by atoms with Gasteiger partial charge in [0.2, 0.25) is 0 Å². The first kappa shape index (κ1) is 12.6. The Bertz CT molecular complexity index is 518. The van der Waals surface area contributed by atoms with Gasteiger partial charge in [-0.2, -0.15) is 0 Å².